The van der Waals surface area contributed by atoms with Gasteiger partial charge in [0.05, 0.1) is 16.0 Å². The Morgan fingerprint density at radius 2 is 2.05 bits per heavy atom. The maximum absolute atomic E-state index is 11.9. The zero-order chi connectivity index (χ0) is 14.8. The predicted molar refractivity (Wildman–Crippen MR) is 82.4 cm³/mol. The molecule has 108 valence electrons. The number of pyridine rings is 1. The fourth-order valence-corrected chi connectivity index (χ4v) is 3.42. The highest BCUT2D eigenvalue weighted by molar-refractivity contribution is 7.99. The van der Waals surface area contributed by atoms with E-state index in [1.165, 1.54) is 6.07 Å². The molecule has 1 unspecified atom stereocenters. The molecule has 6 nitrogen and oxygen atoms in total. The van der Waals surface area contributed by atoms with Gasteiger partial charge in [-0.15, -0.1) is 11.8 Å². The first-order valence-electron chi connectivity index (χ1n) is 6.49. The molecule has 0 radical (unpaired) electrons. The summed E-state index contributed by atoms with van der Waals surface area (Å²) in [6.45, 7) is 0.844. The van der Waals surface area contributed by atoms with Crippen LogP contribution in [0.3, 0.4) is 0 Å². The van der Waals surface area contributed by atoms with Crippen molar-refractivity contribution in [3.05, 3.63) is 62.4 Å². The Kier molecular flexibility index (Phi) is 3.76. The van der Waals surface area contributed by atoms with Gasteiger partial charge in [0, 0.05) is 23.9 Å². The summed E-state index contributed by atoms with van der Waals surface area (Å²) in [5, 5.41) is 14.2. The summed E-state index contributed by atoms with van der Waals surface area (Å²) in [5.74, 6) is 0.936. The number of aromatic nitrogens is 1. The number of benzene rings is 1. The van der Waals surface area contributed by atoms with Gasteiger partial charge in [-0.1, -0.05) is 30.3 Å². The normalized spacial score (nSPS) is 17.8. The molecule has 0 saturated carbocycles. The molecule has 1 atom stereocenters. The van der Waals surface area contributed by atoms with Crippen molar-refractivity contribution >= 4 is 17.4 Å². The standard InChI is InChI=1S/C14H13N3O3S/c18-13-11(17(19)20)8-10(14-15-6-7-21-14)12(16-13)9-4-2-1-3-5-9/h1-5,8,14-15H,6-7H2,(H,16,18). The predicted octanol–water partition coefficient (Wildman–Crippen LogP) is 2.29. The van der Waals surface area contributed by atoms with Gasteiger partial charge in [0.1, 0.15) is 0 Å². The quantitative estimate of drug-likeness (QED) is 0.671. The van der Waals surface area contributed by atoms with E-state index in [0.717, 1.165) is 23.4 Å². The second-order valence-corrected chi connectivity index (χ2v) is 5.86. The van der Waals surface area contributed by atoms with Crippen LogP contribution in [0.4, 0.5) is 5.69 Å². The van der Waals surface area contributed by atoms with Crippen LogP contribution in [-0.2, 0) is 0 Å². The second-order valence-electron chi connectivity index (χ2n) is 4.64. The molecule has 1 aliphatic rings. The van der Waals surface area contributed by atoms with E-state index in [0.29, 0.717) is 5.69 Å². The lowest BCUT2D eigenvalue weighted by Crippen LogP contribution is -2.19. The Labute approximate surface area is 124 Å². The third-order valence-electron chi connectivity index (χ3n) is 3.31. The van der Waals surface area contributed by atoms with Crippen LogP contribution in [0.1, 0.15) is 10.9 Å². The topological polar surface area (TPSA) is 88.0 Å². The zero-order valence-corrected chi connectivity index (χ0v) is 11.9. The van der Waals surface area contributed by atoms with Gasteiger partial charge in [-0.25, -0.2) is 0 Å². The van der Waals surface area contributed by atoms with E-state index in [1.54, 1.807) is 11.8 Å². The largest absolute Gasteiger partial charge is 0.334 e. The molecule has 0 bridgehead atoms. The molecule has 1 fully saturated rings. The molecule has 2 heterocycles. The van der Waals surface area contributed by atoms with Crippen molar-refractivity contribution in [2.75, 3.05) is 12.3 Å². The van der Waals surface area contributed by atoms with Crippen molar-refractivity contribution in [2.45, 2.75) is 5.37 Å². The first kappa shape index (κ1) is 13.8. The van der Waals surface area contributed by atoms with E-state index in [1.807, 2.05) is 30.3 Å². The number of H-pyrrole nitrogens is 1. The minimum Gasteiger partial charge on any atom is -0.316 e. The molecule has 1 aromatic carbocycles. The first-order valence-corrected chi connectivity index (χ1v) is 7.53. The monoisotopic (exact) mass is 303 g/mol. The Morgan fingerprint density at radius 1 is 1.29 bits per heavy atom. The zero-order valence-electron chi connectivity index (χ0n) is 11.0. The lowest BCUT2D eigenvalue weighted by Gasteiger charge is -2.15. The molecular weight excluding hydrogens is 290 g/mol. The van der Waals surface area contributed by atoms with Crippen molar-refractivity contribution in [3.63, 3.8) is 0 Å². The lowest BCUT2D eigenvalue weighted by atomic mass is 10.1. The number of aromatic amines is 1. The second kappa shape index (κ2) is 5.71. The van der Waals surface area contributed by atoms with E-state index < -0.39 is 16.2 Å². The van der Waals surface area contributed by atoms with E-state index in [-0.39, 0.29) is 5.37 Å². The third kappa shape index (κ3) is 2.70. The van der Waals surface area contributed by atoms with E-state index in [4.69, 9.17) is 0 Å². The molecule has 3 rings (SSSR count). The highest BCUT2D eigenvalue weighted by Gasteiger charge is 2.25. The Morgan fingerprint density at radius 3 is 2.67 bits per heavy atom. The number of rotatable bonds is 3. The van der Waals surface area contributed by atoms with E-state index >= 15 is 0 Å². The summed E-state index contributed by atoms with van der Waals surface area (Å²) in [6, 6.07) is 10.8. The fraction of sp³-hybridized carbons (Fsp3) is 0.214. The Bertz CT molecular complexity index is 724. The van der Waals surface area contributed by atoms with Crippen molar-refractivity contribution in [3.8, 4) is 11.3 Å². The average molecular weight is 303 g/mol. The molecule has 1 aromatic heterocycles. The summed E-state index contributed by atoms with van der Waals surface area (Å²) in [6.07, 6.45) is 0. The minimum absolute atomic E-state index is 0.0456. The average Bonchev–Trinajstić information content (AvgIpc) is 3.01. The highest BCUT2D eigenvalue weighted by Crippen LogP contribution is 2.36. The van der Waals surface area contributed by atoms with Crippen molar-refractivity contribution < 1.29 is 4.92 Å². The maximum atomic E-state index is 11.9. The number of thioether (sulfide) groups is 1. The van der Waals surface area contributed by atoms with Crippen LogP contribution in [0, 0.1) is 10.1 Å². The number of hydrogen-bond acceptors (Lipinski definition) is 5. The molecule has 0 amide bonds. The minimum atomic E-state index is -0.675. The van der Waals surface area contributed by atoms with Crippen LogP contribution in [0.5, 0.6) is 0 Å². The SMILES string of the molecule is O=c1[nH]c(-c2ccccc2)c(C2NCCS2)cc1[N+](=O)[O-]. The smallest absolute Gasteiger partial charge is 0.316 e. The van der Waals surface area contributed by atoms with Gasteiger partial charge in [0.2, 0.25) is 0 Å². The molecule has 21 heavy (non-hydrogen) atoms. The molecule has 1 saturated heterocycles. The summed E-state index contributed by atoms with van der Waals surface area (Å²) in [4.78, 5) is 24.9. The lowest BCUT2D eigenvalue weighted by molar-refractivity contribution is -0.386. The molecule has 1 aliphatic heterocycles. The van der Waals surface area contributed by atoms with Crippen LogP contribution in [0.15, 0.2) is 41.2 Å². The molecule has 0 aliphatic carbocycles. The summed E-state index contributed by atoms with van der Waals surface area (Å²) in [7, 11) is 0. The van der Waals surface area contributed by atoms with Crippen LogP contribution < -0.4 is 10.9 Å². The Balaban J connectivity index is 2.20. The van der Waals surface area contributed by atoms with Gasteiger partial charge in [0.15, 0.2) is 0 Å². The van der Waals surface area contributed by atoms with Gasteiger partial charge in [0.25, 0.3) is 0 Å². The van der Waals surface area contributed by atoms with Crippen LogP contribution >= 0.6 is 11.8 Å². The number of hydrogen-bond donors (Lipinski definition) is 2. The van der Waals surface area contributed by atoms with Crippen molar-refractivity contribution in [1.29, 1.82) is 0 Å². The van der Waals surface area contributed by atoms with Gasteiger partial charge < -0.3 is 10.3 Å². The van der Waals surface area contributed by atoms with Crippen LogP contribution in [0.25, 0.3) is 11.3 Å². The maximum Gasteiger partial charge on any atom is 0.334 e. The summed E-state index contributed by atoms with van der Waals surface area (Å²) >= 11 is 1.67. The first-order chi connectivity index (χ1) is 10.2. The summed E-state index contributed by atoms with van der Waals surface area (Å²) < 4.78 is 0. The Hall–Kier alpha value is -2.12. The van der Waals surface area contributed by atoms with Crippen LogP contribution in [-0.4, -0.2) is 22.2 Å². The van der Waals surface area contributed by atoms with Gasteiger partial charge >= 0.3 is 11.2 Å². The van der Waals surface area contributed by atoms with Gasteiger partial charge in [-0.3, -0.25) is 14.9 Å². The number of nitrogens with zero attached hydrogens (tertiary/aromatic N) is 1. The summed E-state index contributed by atoms with van der Waals surface area (Å²) in [5.41, 5.74) is 1.13. The van der Waals surface area contributed by atoms with Crippen molar-refractivity contribution in [2.24, 2.45) is 0 Å². The van der Waals surface area contributed by atoms with Gasteiger partial charge in [-0.2, -0.15) is 0 Å². The molecule has 2 aromatic rings. The molecular formula is C14H13N3O3S. The van der Waals surface area contributed by atoms with Crippen LogP contribution in [0.2, 0.25) is 0 Å². The highest BCUT2D eigenvalue weighted by atomic mass is 32.2. The van der Waals surface area contributed by atoms with E-state index in [9.17, 15) is 14.9 Å². The molecule has 2 N–H and O–H groups in total. The van der Waals surface area contributed by atoms with Crippen molar-refractivity contribution in [1.82, 2.24) is 10.3 Å². The third-order valence-corrected chi connectivity index (χ3v) is 4.50. The number of nitro groups is 1. The van der Waals surface area contributed by atoms with Gasteiger partial charge in [-0.05, 0) is 5.56 Å². The number of nitrogens with one attached hydrogen (secondary N) is 2. The molecule has 7 heteroatoms. The van der Waals surface area contributed by atoms with E-state index in [2.05, 4.69) is 10.3 Å². The molecule has 0 spiro atoms. The fourth-order valence-electron chi connectivity index (χ4n) is 2.35.